The van der Waals surface area contributed by atoms with Crippen molar-refractivity contribution in [2.75, 3.05) is 18.4 Å². The Kier molecular flexibility index (Phi) is 6.15. The van der Waals surface area contributed by atoms with Crippen molar-refractivity contribution < 1.29 is 14.7 Å². The molecule has 0 aliphatic rings. The largest absolute Gasteiger partial charge is 0.480 e. The summed E-state index contributed by atoms with van der Waals surface area (Å²) < 4.78 is 0. The van der Waals surface area contributed by atoms with E-state index in [1.165, 1.54) is 11.3 Å². The van der Waals surface area contributed by atoms with Gasteiger partial charge in [-0.1, -0.05) is 6.92 Å². The van der Waals surface area contributed by atoms with Crippen LogP contribution in [-0.2, 0) is 9.59 Å². The lowest BCUT2D eigenvalue weighted by atomic mass is 10.2. The van der Waals surface area contributed by atoms with E-state index >= 15 is 0 Å². The predicted molar refractivity (Wildman–Crippen MR) is 76.6 cm³/mol. The Morgan fingerprint density at radius 2 is 2.25 bits per heavy atom. The third kappa shape index (κ3) is 4.64. The number of rotatable bonds is 7. The van der Waals surface area contributed by atoms with Gasteiger partial charge in [0.15, 0.2) is 0 Å². The quantitative estimate of drug-likeness (QED) is 0.799. The van der Waals surface area contributed by atoms with Gasteiger partial charge in [-0.15, -0.1) is 11.3 Å². The number of carbonyl (C=O) groups excluding carboxylic acids is 1. The summed E-state index contributed by atoms with van der Waals surface area (Å²) in [4.78, 5) is 24.4. The first kappa shape index (κ1) is 16.1. The van der Waals surface area contributed by atoms with Crippen LogP contribution in [0.4, 0.5) is 5.00 Å². The Morgan fingerprint density at radius 3 is 2.80 bits per heavy atom. The Balaban J connectivity index is 2.67. The maximum absolute atomic E-state index is 11.9. The molecule has 1 amide bonds. The van der Waals surface area contributed by atoms with Gasteiger partial charge < -0.3 is 10.4 Å². The van der Waals surface area contributed by atoms with Crippen LogP contribution >= 0.6 is 11.3 Å². The van der Waals surface area contributed by atoms with Crippen LogP contribution in [0.25, 0.3) is 0 Å². The van der Waals surface area contributed by atoms with Crippen molar-refractivity contribution in [2.45, 2.75) is 26.3 Å². The average molecular weight is 295 g/mol. The highest BCUT2D eigenvalue weighted by molar-refractivity contribution is 7.14. The van der Waals surface area contributed by atoms with Crippen molar-refractivity contribution in [2.24, 2.45) is 0 Å². The number of nitrogens with zero attached hydrogens (tertiary/aromatic N) is 2. The predicted octanol–water partition coefficient (Wildman–Crippen LogP) is 1.74. The molecule has 108 valence electrons. The van der Waals surface area contributed by atoms with Crippen LogP contribution < -0.4 is 5.32 Å². The Bertz CT molecular complexity index is 521. The maximum atomic E-state index is 11.9. The van der Waals surface area contributed by atoms with Crippen molar-refractivity contribution in [3.05, 3.63) is 17.0 Å². The normalized spacial score (nSPS) is 11.9. The molecule has 0 saturated carbocycles. The molecule has 0 aromatic carbocycles. The summed E-state index contributed by atoms with van der Waals surface area (Å²) in [6.07, 6.45) is 0.753. The number of amides is 1. The van der Waals surface area contributed by atoms with Crippen LogP contribution in [0.15, 0.2) is 11.4 Å². The van der Waals surface area contributed by atoms with E-state index in [0.717, 1.165) is 6.42 Å². The summed E-state index contributed by atoms with van der Waals surface area (Å²) in [7, 11) is 0. The van der Waals surface area contributed by atoms with Crippen LogP contribution in [-0.4, -0.2) is 41.0 Å². The molecule has 0 fully saturated rings. The lowest BCUT2D eigenvalue weighted by Gasteiger charge is -2.25. The molecule has 1 atom stereocenters. The fourth-order valence-electron chi connectivity index (χ4n) is 1.64. The fourth-order valence-corrected chi connectivity index (χ4v) is 2.40. The first-order chi connectivity index (χ1) is 9.47. The van der Waals surface area contributed by atoms with Crippen molar-refractivity contribution >= 4 is 28.2 Å². The monoisotopic (exact) mass is 295 g/mol. The highest BCUT2D eigenvalue weighted by Gasteiger charge is 2.19. The van der Waals surface area contributed by atoms with Gasteiger partial charge in [0.1, 0.15) is 11.1 Å². The maximum Gasteiger partial charge on any atom is 0.317 e. The van der Waals surface area contributed by atoms with Crippen LogP contribution in [0, 0.1) is 11.3 Å². The summed E-state index contributed by atoms with van der Waals surface area (Å²) in [6.45, 7) is 3.62. The fraction of sp³-hybridized carbons (Fsp3) is 0.462. The van der Waals surface area contributed by atoms with E-state index in [0.29, 0.717) is 10.6 Å². The van der Waals surface area contributed by atoms with E-state index in [-0.39, 0.29) is 25.0 Å². The zero-order chi connectivity index (χ0) is 15.1. The molecule has 0 radical (unpaired) electrons. The standard InChI is InChI=1S/C13H17N3O3S/c1-3-9(2)16(8-12(18)19)7-11(17)15-13-10(6-14)4-5-20-13/h4-5,9H,3,7-8H2,1-2H3,(H,15,17)(H,18,19). The van der Waals surface area contributed by atoms with Crippen LogP contribution in [0.5, 0.6) is 0 Å². The third-order valence-corrected chi connectivity index (χ3v) is 3.77. The molecule has 20 heavy (non-hydrogen) atoms. The number of hydrogen-bond donors (Lipinski definition) is 2. The second kappa shape index (κ2) is 7.62. The molecular weight excluding hydrogens is 278 g/mol. The van der Waals surface area contributed by atoms with Gasteiger partial charge in [-0.3, -0.25) is 14.5 Å². The molecule has 7 heteroatoms. The van der Waals surface area contributed by atoms with Gasteiger partial charge in [-0.05, 0) is 24.8 Å². The summed E-state index contributed by atoms with van der Waals surface area (Å²) >= 11 is 1.27. The molecule has 0 bridgehead atoms. The average Bonchev–Trinajstić information content (AvgIpc) is 2.83. The topological polar surface area (TPSA) is 93.4 Å². The summed E-state index contributed by atoms with van der Waals surface area (Å²) in [5.41, 5.74) is 0.414. The second-order valence-corrected chi connectivity index (χ2v) is 5.30. The molecule has 0 saturated heterocycles. The van der Waals surface area contributed by atoms with E-state index in [4.69, 9.17) is 10.4 Å². The zero-order valence-corrected chi connectivity index (χ0v) is 12.2. The molecule has 1 heterocycles. The van der Waals surface area contributed by atoms with Gasteiger partial charge >= 0.3 is 5.97 Å². The highest BCUT2D eigenvalue weighted by Crippen LogP contribution is 2.22. The van der Waals surface area contributed by atoms with Crippen molar-refractivity contribution in [1.82, 2.24) is 4.90 Å². The molecule has 1 aromatic rings. The number of carbonyl (C=O) groups is 2. The number of nitrogens with one attached hydrogen (secondary N) is 1. The van der Waals surface area contributed by atoms with Gasteiger partial charge in [0, 0.05) is 6.04 Å². The summed E-state index contributed by atoms with van der Waals surface area (Å²) in [6, 6.07) is 3.61. The first-order valence-corrected chi connectivity index (χ1v) is 7.09. The van der Waals surface area contributed by atoms with Gasteiger partial charge in [0.25, 0.3) is 0 Å². The van der Waals surface area contributed by atoms with Crippen molar-refractivity contribution in [1.29, 1.82) is 5.26 Å². The number of anilines is 1. The molecule has 0 aliphatic carbocycles. The van der Waals surface area contributed by atoms with Gasteiger partial charge in [0.05, 0.1) is 18.7 Å². The van der Waals surface area contributed by atoms with E-state index in [2.05, 4.69) is 5.32 Å². The third-order valence-electron chi connectivity index (χ3n) is 2.94. The molecule has 1 unspecified atom stereocenters. The molecule has 0 aliphatic heterocycles. The smallest absolute Gasteiger partial charge is 0.317 e. The molecule has 2 N–H and O–H groups in total. The van der Waals surface area contributed by atoms with Gasteiger partial charge in [0.2, 0.25) is 5.91 Å². The number of nitriles is 1. The molecule has 1 rings (SSSR count). The Hall–Kier alpha value is -1.91. The van der Waals surface area contributed by atoms with Crippen LogP contribution in [0.2, 0.25) is 0 Å². The number of hydrogen-bond acceptors (Lipinski definition) is 5. The lowest BCUT2D eigenvalue weighted by molar-refractivity contribution is -0.139. The van der Waals surface area contributed by atoms with Gasteiger partial charge in [-0.2, -0.15) is 5.26 Å². The highest BCUT2D eigenvalue weighted by atomic mass is 32.1. The SMILES string of the molecule is CCC(C)N(CC(=O)O)CC(=O)Nc1sccc1C#N. The van der Waals surface area contributed by atoms with Crippen molar-refractivity contribution in [3.63, 3.8) is 0 Å². The Morgan fingerprint density at radius 1 is 1.55 bits per heavy atom. The van der Waals surface area contributed by atoms with E-state index in [1.54, 1.807) is 16.3 Å². The van der Waals surface area contributed by atoms with E-state index < -0.39 is 5.97 Å². The lowest BCUT2D eigenvalue weighted by Crippen LogP contribution is -2.42. The first-order valence-electron chi connectivity index (χ1n) is 6.21. The van der Waals surface area contributed by atoms with E-state index in [1.807, 2.05) is 19.9 Å². The number of aliphatic carboxylic acids is 1. The minimum Gasteiger partial charge on any atom is -0.480 e. The molecule has 6 nitrogen and oxygen atoms in total. The number of carboxylic acid groups (broad SMARTS) is 1. The number of carboxylic acids is 1. The van der Waals surface area contributed by atoms with Gasteiger partial charge in [-0.25, -0.2) is 0 Å². The summed E-state index contributed by atoms with van der Waals surface area (Å²) in [5.74, 6) is -1.28. The summed E-state index contributed by atoms with van der Waals surface area (Å²) in [5, 5.41) is 22.6. The van der Waals surface area contributed by atoms with Crippen LogP contribution in [0.3, 0.4) is 0 Å². The zero-order valence-electron chi connectivity index (χ0n) is 11.4. The molecule has 1 aromatic heterocycles. The number of thiophene rings is 1. The van der Waals surface area contributed by atoms with Crippen molar-refractivity contribution in [3.8, 4) is 6.07 Å². The van der Waals surface area contributed by atoms with Crippen LogP contribution in [0.1, 0.15) is 25.8 Å². The molecular formula is C13H17N3O3S. The molecule has 0 spiro atoms. The second-order valence-electron chi connectivity index (χ2n) is 4.38. The minimum absolute atomic E-state index is 0.00405. The Labute approximate surface area is 121 Å². The minimum atomic E-state index is -0.966. The van der Waals surface area contributed by atoms with E-state index in [9.17, 15) is 9.59 Å².